The largest absolute Gasteiger partial charge is 0.477 e. The average Bonchev–Trinajstić information content (AvgIpc) is 3.00. The number of carbonyl (C=O) groups is 2. The third kappa shape index (κ3) is 4.80. The zero-order chi connectivity index (χ0) is 15.1. The van der Waals surface area contributed by atoms with Crippen LogP contribution < -0.4 is 5.32 Å². The minimum atomic E-state index is -1.16. The zero-order valence-corrected chi connectivity index (χ0v) is 11.6. The van der Waals surface area contributed by atoms with E-state index in [9.17, 15) is 9.59 Å². The Balaban J connectivity index is 1.69. The molecular formula is C14H18N2O5. The molecule has 1 atom stereocenters. The Kier molecular flexibility index (Phi) is 5.65. The van der Waals surface area contributed by atoms with Crippen LogP contribution in [-0.2, 0) is 9.47 Å². The van der Waals surface area contributed by atoms with Crippen LogP contribution in [0.2, 0.25) is 0 Å². The van der Waals surface area contributed by atoms with Crippen molar-refractivity contribution in [2.75, 3.05) is 26.4 Å². The van der Waals surface area contributed by atoms with Crippen molar-refractivity contribution in [3.05, 3.63) is 29.6 Å². The van der Waals surface area contributed by atoms with Crippen molar-refractivity contribution in [3.63, 3.8) is 0 Å². The van der Waals surface area contributed by atoms with E-state index in [1.807, 2.05) is 0 Å². The van der Waals surface area contributed by atoms with E-state index in [-0.39, 0.29) is 23.3 Å². The van der Waals surface area contributed by atoms with Gasteiger partial charge in [-0.1, -0.05) is 0 Å². The number of aromatic nitrogens is 1. The van der Waals surface area contributed by atoms with Crippen molar-refractivity contribution in [3.8, 4) is 0 Å². The summed E-state index contributed by atoms with van der Waals surface area (Å²) in [7, 11) is 0. The molecule has 2 heterocycles. The molecule has 1 saturated heterocycles. The van der Waals surface area contributed by atoms with Crippen LogP contribution in [0.25, 0.3) is 0 Å². The highest BCUT2D eigenvalue weighted by Crippen LogP contribution is 2.08. The van der Waals surface area contributed by atoms with Gasteiger partial charge in [0.2, 0.25) is 0 Å². The molecule has 1 aliphatic rings. The van der Waals surface area contributed by atoms with Gasteiger partial charge >= 0.3 is 5.97 Å². The fourth-order valence-corrected chi connectivity index (χ4v) is 1.96. The molecule has 114 valence electrons. The number of hydrogen-bond donors (Lipinski definition) is 2. The Labute approximate surface area is 122 Å². The molecule has 0 bridgehead atoms. The fourth-order valence-electron chi connectivity index (χ4n) is 1.96. The number of carboxylic acids is 1. The lowest BCUT2D eigenvalue weighted by Crippen LogP contribution is -2.26. The van der Waals surface area contributed by atoms with Gasteiger partial charge in [-0.15, -0.1) is 0 Å². The normalized spacial score (nSPS) is 17.6. The van der Waals surface area contributed by atoms with E-state index in [4.69, 9.17) is 14.6 Å². The van der Waals surface area contributed by atoms with Gasteiger partial charge in [-0.25, -0.2) is 9.78 Å². The van der Waals surface area contributed by atoms with Crippen LogP contribution in [0.15, 0.2) is 18.3 Å². The summed E-state index contributed by atoms with van der Waals surface area (Å²) in [5.74, 6) is -1.47. The van der Waals surface area contributed by atoms with E-state index in [0.29, 0.717) is 26.2 Å². The molecule has 1 aromatic heterocycles. The molecule has 0 radical (unpaired) electrons. The van der Waals surface area contributed by atoms with Gasteiger partial charge in [-0.3, -0.25) is 4.79 Å². The van der Waals surface area contributed by atoms with Crippen molar-refractivity contribution in [1.29, 1.82) is 0 Å². The molecular weight excluding hydrogens is 276 g/mol. The number of pyridine rings is 1. The first kappa shape index (κ1) is 15.4. The summed E-state index contributed by atoms with van der Waals surface area (Å²) >= 11 is 0. The van der Waals surface area contributed by atoms with Gasteiger partial charge in [0.05, 0.1) is 12.7 Å². The quantitative estimate of drug-likeness (QED) is 0.719. The third-order valence-corrected chi connectivity index (χ3v) is 3.09. The van der Waals surface area contributed by atoms with Crippen molar-refractivity contribution in [2.45, 2.75) is 18.9 Å². The average molecular weight is 294 g/mol. The summed E-state index contributed by atoms with van der Waals surface area (Å²) in [6.45, 7) is 2.42. The van der Waals surface area contributed by atoms with Gasteiger partial charge in [-0.2, -0.15) is 0 Å². The summed E-state index contributed by atoms with van der Waals surface area (Å²) in [6, 6.07) is 2.73. The number of carbonyl (C=O) groups excluding carboxylic acids is 1. The molecule has 1 amide bonds. The fraction of sp³-hybridized carbons (Fsp3) is 0.500. The first-order chi connectivity index (χ1) is 10.2. The Morgan fingerprint density at radius 3 is 3.10 bits per heavy atom. The lowest BCUT2D eigenvalue weighted by atomic mass is 10.2. The number of amides is 1. The van der Waals surface area contributed by atoms with Crippen molar-refractivity contribution >= 4 is 11.9 Å². The number of ether oxygens (including phenoxy) is 2. The van der Waals surface area contributed by atoms with Crippen LogP contribution in [0.1, 0.15) is 33.7 Å². The van der Waals surface area contributed by atoms with E-state index in [2.05, 4.69) is 10.3 Å². The smallest absolute Gasteiger partial charge is 0.354 e. The van der Waals surface area contributed by atoms with Crippen LogP contribution >= 0.6 is 0 Å². The number of carboxylic acid groups (broad SMARTS) is 1. The highest BCUT2D eigenvalue weighted by Gasteiger charge is 2.15. The van der Waals surface area contributed by atoms with E-state index >= 15 is 0 Å². The zero-order valence-electron chi connectivity index (χ0n) is 11.6. The van der Waals surface area contributed by atoms with E-state index < -0.39 is 5.97 Å². The minimum Gasteiger partial charge on any atom is -0.477 e. The third-order valence-electron chi connectivity index (χ3n) is 3.09. The van der Waals surface area contributed by atoms with Crippen LogP contribution in [0.4, 0.5) is 0 Å². The second-order valence-corrected chi connectivity index (χ2v) is 4.70. The molecule has 7 heteroatoms. The second kappa shape index (κ2) is 7.70. The van der Waals surface area contributed by atoms with E-state index in [0.717, 1.165) is 13.0 Å². The van der Waals surface area contributed by atoms with Gasteiger partial charge < -0.3 is 19.9 Å². The van der Waals surface area contributed by atoms with Gasteiger partial charge in [0, 0.05) is 31.5 Å². The maximum atomic E-state index is 11.8. The number of aromatic carboxylic acids is 1. The highest BCUT2D eigenvalue weighted by molar-refractivity contribution is 5.96. The molecule has 2 rings (SSSR count). The Morgan fingerprint density at radius 1 is 1.52 bits per heavy atom. The van der Waals surface area contributed by atoms with Crippen molar-refractivity contribution in [1.82, 2.24) is 10.3 Å². The summed E-state index contributed by atoms with van der Waals surface area (Å²) in [5, 5.41) is 11.5. The molecule has 0 aromatic carbocycles. The molecule has 1 aliphatic heterocycles. The highest BCUT2D eigenvalue weighted by atomic mass is 16.5. The first-order valence-corrected chi connectivity index (χ1v) is 6.83. The monoisotopic (exact) mass is 294 g/mol. The lowest BCUT2D eigenvalue weighted by Gasteiger charge is -2.10. The molecule has 7 nitrogen and oxygen atoms in total. The molecule has 2 N–H and O–H groups in total. The van der Waals surface area contributed by atoms with Crippen LogP contribution in [0.3, 0.4) is 0 Å². The van der Waals surface area contributed by atoms with E-state index in [1.165, 1.54) is 18.3 Å². The SMILES string of the molecule is O=C(NCCCOC1CCOC1)c1ccnc(C(=O)O)c1. The Bertz CT molecular complexity index is 500. The van der Waals surface area contributed by atoms with Crippen molar-refractivity contribution in [2.24, 2.45) is 0 Å². The molecule has 0 aliphatic carbocycles. The maximum absolute atomic E-state index is 11.8. The van der Waals surface area contributed by atoms with Crippen molar-refractivity contribution < 1.29 is 24.2 Å². The Hall–Kier alpha value is -1.99. The second-order valence-electron chi connectivity index (χ2n) is 4.70. The van der Waals surface area contributed by atoms with E-state index in [1.54, 1.807) is 0 Å². The molecule has 1 unspecified atom stereocenters. The predicted molar refractivity (Wildman–Crippen MR) is 73.3 cm³/mol. The molecule has 0 spiro atoms. The summed E-state index contributed by atoms with van der Waals surface area (Å²) in [5.41, 5.74) is 0.139. The minimum absolute atomic E-state index is 0.146. The Morgan fingerprint density at radius 2 is 2.38 bits per heavy atom. The molecule has 0 saturated carbocycles. The van der Waals surface area contributed by atoms with Gasteiger partial charge in [0.25, 0.3) is 5.91 Å². The molecule has 1 aromatic rings. The van der Waals surface area contributed by atoms with Gasteiger partial charge in [-0.05, 0) is 25.0 Å². The molecule has 21 heavy (non-hydrogen) atoms. The maximum Gasteiger partial charge on any atom is 0.354 e. The topological polar surface area (TPSA) is 97.8 Å². The van der Waals surface area contributed by atoms with Gasteiger partial charge in [0.1, 0.15) is 5.69 Å². The van der Waals surface area contributed by atoms with Gasteiger partial charge in [0.15, 0.2) is 0 Å². The number of rotatable bonds is 7. The van der Waals surface area contributed by atoms with Crippen LogP contribution in [0, 0.1) is 0 Å². The molecule has 1 fully saturated rings. The number of nitrogens with zero attached hydrogens (tertiary/aromatic N) is 1. The summed E-state index contributed by atoms with van der Waals surface area (Å²) in [4.78, 5) is 26.3. The lowest BCUT2D eigenvalue weighted by molar-refractivity contribution is 0.0415. The first-order valence-electron chi connectivity index (χ1n) is 6.83. The number of hydrogen-bond acceptors (Lipinski definition) is 5. The summed E-state index contributed by atoms with van der Waals surface area (Å²) in [6.07, 6.45) is 3.08. The number of nitrogens with one attached hydrogen (secondary N) is 1. The van der Waals surface area contributed by atoms with Crippen LogP contribution in [0.5, 0.6) is 0 Å². The van der Waals surface area contributed by atoms with Crippen LogP contribution in [-0.4, -0.2) is 54.4 Å². The summed E-state index contributed by atoms with van der Waals surface area (Å²) < 4.78 is 10.8. The predicted octanol–water partition coefficient (Wildman–Crippen LogP) is 0.705. The standard InChI is InChI=1S/C14H18N2O5/c17-13(10-2-5-15-12(8-10)14(18)19)16-4-1-6-21-11-3-7-20-9-11/h2,5,8,11H,1,3-4,6-7,9H2,(H,16,17)(H,18,19).